The van der Waals surface area contributed by atoms with Gasteiger partial charge in [-0.3, -0.25) is 15.1 Å². The van der Waals surface area contributed by atoms with Gasteiger partial charge in [-0.25, -0.2) is 5.84 Å². The number of carbonyl (C=O) groups is 1. The number of likely N-dealkylation sites (tertiary alicyclic amines) is 1. The molecule has 1 aliphatic heterocycles. The Labute approximate surface area is 111 Å². The number of rotatable bonds is 4. The summed E-state index contributed by atoms with van der Waals surface area (Å²) in [6, 6.07) is -0.0408. The molecule has 1 heterocycles. The predicted molar refractivity (Wildman–Crippen MR) is 74.8 cm³/mol. The topological polar surface area (TPSA) is 58.4 Å². The summed E-state index contributed by atoms with van der Waals surface area (Å²) in [5.74, 6) is 6.01. The number of piperidine rings is 1. The monoisotopic (exact) mass is 255 g/mol. The van der Waals surface area contributed by atoms with Crippen molar-refractivity contribution in [2.45, 2.75) is 59.4 Å². The third-order valence-corrected chi connectivity index (χ3v) is 4.20. The summed E-state index contributed by atoms with van der Waals surface area (Å²) in [4.78, 5) is 14.1. The van der Waals surface area contributed by atoms with Crippen molar-refractivity contribution in [3.05, 3.63) is 0 Å². The van der Waals surface area contributed by atoms with E-state index in [1.165, 1.54) is 12.8 Å². The van der Waals surface area contributed by atoms with Gasteiger partial charge in [0.05, 0.1) is 6.04 Å². The van der Waals surface area contributed by atoms with Crippen LogP contribution >= 0.6 is 0 Å². The van der Waals surface area contributed by atoms with E-state index in [-0.39, 0.29) is 11.9 Å². The lowest BCUT2D eigenvalue weighted by Gasteiger charge is -2.41. The molecule has 0 aromatic carbocycles. The van der Waals surface area contributed by atoms with Crippen LogP contribution in [0.4, 0.5) is 0 Å². The standard InChI is InChI=1S/C14H29N3O/c1-5-6-12(13(18)16-15)17-9-7-11(8-10-17)14(2,3)4/h11-12H,5-10,15H2,1-4H3,(H,16,18). The summed E-state index contributed by atoms with van der Waals surface area (Å²) in [6.07, 6.45) is 4.27. The second kappa shape index (κ2) is 6.53. The van der Waals surface area contributed by atoms with Crippen molar-refractivity contribution in [1.29, 1.82) is 0 Å². The van der Waals surface area contributed by atoms with Gasteiger partial charge in [0, 0.05) is 0 Å². The summed E-state index contributed by atoms with van der Waals surface area (Å²) in [6.45, 7) is 11.1. The van der Waals surface area contributed by atoms with Crippen molar-refractivity contribution in [3.63, 3.8) is 0 Å². The van der Waals surface area contributed by atoms with Crippen LogP contribution in [0.5, 0.6) is 0 Å². The van der Waals surface area contributed by atoms with Crippen LogP contribution < -0.4 is 11.3 Å². The molecule has 0 aromatic rings. The molecule has 0 aliphatic carbocycles. The van der Waals surface area contributed by atoms with Gasteiger partial charge in [-0.05, 0) is 43.7 Å². The molecule has 0 spiro atoms. The Morgan fingerprint density at radius 2 is 1.94 bits per heavy atom. The average Bonchev–Trinajstić information content (AvgIpc) is 2.34. The molecule has 4 heteroatoms. The van der Waals surface area contributed by atoms with Gasteiger partial charge in [-0.15, -0.1) is 0 Å². The first-order valence-corrected chi connectivity index (χ1v) is 7.14. The Morgan fingerprint density at radius 3 is 2.33 bits per heavy atom. The SMILES string of the molecule is CCCC(C(=O)NN)N1CCC(C(C)(C)C)CC1. The number of hydrogen-bond acceptors (Lipinski definition) is 3. The van der Waals surface area contributed by atoms with E-state index in [9.17, 15) is 4.79 Å². The molecule has 1 atom stereocenters. The Bertz CT molecular complexity index is 265. The second-order valence-corrected chi connectivity index (χ2v) is 6.49. The number of nitrogens with zero attached hydrogens (tertiary/aromatic N) is 1. The molecular weight excluding hydrogens is 226 g/mol. The Hall–Kier alpha value is -0.610. The molecule has 0 saturated carbocycles. The van der Waals surface area contributed by atoms with Crippen molar-refractivity contribution in [2.24, 2.45) is 17.2 Å². The van der Waals surface area contributed by atoms with Crippen molar-refractivity contribution in [1.82, 2.24) is 10.3 Å². The molecule has 4 nitrogen and oxygen atoms in total. The lowest BCUT2D eigenvalue weighted by molar-refractivity contribution is -0.127. The first-order chi connectivity index (χ1) is 8.40. The minimum atomic E-state index is -0.0408. The molecule has 0 radical (unpaired) electrons. The van der Waals surface area contributed by atoms with Gasteiger partial charge in [-0.2, -0.15) is 0 Å². The van der Waals surface area contributed by atoms with Crippen LogP contribution in [0.3, 0.4) is 0 Å². The summed E-state index contributed by atoms with van der Waals surface area (Å²) in [7, 11) is 0. The van der Waals surface area contributed by atoms with Gasteiger partial charge >= 0.3 is 0 Å². The molecule has 1 fully saturated rings. The average molecular weight is 255 g/mol. The van der Waals surface area contributed by atoms with Gasteiger partial charge in [0.15, 0.2) is 0 Å². The van der Waals surface area contributed by atoms with Gasteiger partial charge < -0.3 is 0 Å². The van der Waals surface area contributed by atoms with Crippen LogP contribution in [-0.4, -0.2) is 29.9 Å². The van der Waals surface area contributed by atoms with Crippen LogP contribution in [0.2, 0.25) is 0 Å². The van der Waals surface area contributed by atoms with Crippen molar-refractivity contribution in [2.75, 3.05) is 13.1 Å². The quantitative estimate of drug-likeness (QED) is 0.458. The Morgan fingerprint density at radius 1 is 1.39 bits per heavy atom. The van der Waals surface area contributed by atoms with Gasteiger partial charge in [-0.1, -0.05) is 34.1 Å². The Balaban J connectivity index is 2.56. The maximum absolute atomic E-state index is 11.8. The van der Waals surface area contributed by atoms with Crippen molar-refractivity contribution < 1.29 is 4.79 Å². The minimum absolute atomic E-state index is 0.0361. The molecule has 1 unspecified atom stereocenters. The maximum Gasteiger partial charge on any atom is 0.251 e. The molecular formula is C14H29N3O. The first kappa shape index (κ1) is 15.4. The summed E-state index contributed by atoms with van der Waals surface area (Å²) in [5, 5.41) is 0. The molecule has 1 amide bonds. The van der Waals surface area contributed by atoms with E-state index in [0.29, 0.717) is 5.41 Å². The lowest BCUT2D eigenvalue weighted by atomic mass is 9.75. The van der Waals surface area contributed by atoms with E-state index in [2.05, 4.69) is 38.0 Å². The predicted octanol–water partition coefficient (Wildman–Crippen LogP) is 1.90. The number of nitrogens with two attached hydrogens (primary N) is 1. The number of hydrazine groups is 1. The second-order valence-electron chi connectivity index (χ2n) is 6.49. The zero-order valence-corrected chi connectivity index (χ0v) is 12.3. The highest BCUT2D eigenvalue weighted by Crippen LogP contribution is 2.34. The van der Waals surface area contributed by atoms with Gasteiger partial charge in [0.25, 0.3) is 5.91 Å². The minimum Gasteiger partial charge on any atom is -0.293 e. The smallest absolute Gasteiger partial charge is 0.251 e. The molecule has 0 aromatic heterocycles. The fourth-order valence-electron chi connectivity index (χ4n) is 2.93. The zero-order valence-electron chi connectivity index (χ0n) is 12.3. The van der Waals surface area contributed by atoms with E-state index in [0.717, 1.165) is 31.8 Å². The maximum atomic E-state index is 11.8. The molecule has 1 saturated heterocycles. The summed E-state index contributed by atoms with van der Waals surface area (Å²) in [5.41, 5.74) is 2.69. The molecule has 1 rings (SSSR count). The number of carbonyl (C=O) groups excluding carboxylic acids is 1. The highest BCUT2D eigenvalue weighted by molar-refractivity contribution is 5.81. The lowest BCUT2D eigenvalue weighted by Crippen LogP contribution is -2.52. The third-order valence-electron chi connectivity index (χ3n) is 4.20. The van der Waals surface area contributed by atoms with Crippen LogP contribution in [0.25, 0.3) is 0 Å². The van der Waals surface area contributed by atoms with Crippen LogP contribution in [-0.2, 0) is 4.79 Å². The van der Waals surface area contributed by atoms with Crippen LogP contribution in [0.1, 0.15) is 53.4 Å². The number of amides is 1. The van der Waals surface area contributed by atoms with Gasteiger partial charge in [0.1, 0.15) is 0 Å². The fraction of sp³-hybridized carbons (Fsp3) is 0.929. The Kier molecular flexibility index (Phi) is 5.60. The van der Waals surface area contributed by atoms with E-state index in [4.69, 9.17) is 5.84 Å². The molecule has 1 aliphatic rings. The van der Waals surface area contributed by atoms with Crippen molar-refractivity contribution in [3.8, 4) is 0 Å². The highest BCUT2D eigenvalue weighted by Gasteiger charge is 2.33. The molecule has 3 N–H and O–H groups in total. The largest absolute Gasteiger partial charge is 0.293 e. The number of nitrogens with one attached hydrogen (secondary N) is 1. The van der Waals surface area contributed by atoms with E-state index >= 15 is 0 Å². The van der Waals surface area contributed by atoms with Crippen molar-refractivity contribution >= 4 is 5.91 Å². The van der Waals surface area contributed by atoms with Crippen LogP contribution in [0.15, 0.2) is 0 Å². The third kappa shape index (κ3) is 3.95. The van der Waals surface area contributed by atoms with Crippen LogP contribution in [0, 0.1) is 11.3 Å². The summed E-state index contributed by atoms with van der Waals surface area (Å²) < 4.78 is 0. The summed E-state index contributed by atoms with van der Waals surface area (Å²) >= 11 is 0. The fourth-order valence-corrected chi connectivity index (χ4v) is 2.93. The van der Waals surface area contributed by atoms with E-state index in [1.807, 2.05) is 0 Å². The number of hydrogen-bond donors (Lipinski definition) is 2. The van der Waals surface area contributed by atoms with E-state index < -0.39 is 0 Å². The molecule has 18 heavy (non-hydrogen) atoms. The first-order valence-electron chi connectivity index (χ1n) is 7.14. The molecule has 106 valence electrons. The normalized spacial score (nSPS) is 20.7. The van der Waals surface area contributed by atoms with E-state index in [1.54, 1.807) is 0 Å². The molecule has 0 bridgehead atoms. The zero-order chi connectivity index (χ0) is 13.8. The van der Waals surface area contributed by atoms with Gasteiger partial charge in [0.2, 0.25) is 0 Å². The highest BCUT2D eigenvalue weighted by atomic mass is 16.2.